The Hall–Kier alpha value is -1.55. The summed E-state index contributed by atoms with van der Waals surface area (Å²) < 4.78 is 10.8. The maximum atomic E-state index is 11.8. The fraction of sp³-hybridized carbons (Fsp3) is 0.562. The van der Waals surface area contributed by atoms with E-state index in [1.54, 1.807) is 12.1 Å². The van der Waals surface area contributed by atoms with Gasteiger partial charge in [-0.15, -0.1) is 0 Å². The van der Waals surface area contributed by atoms with Crippen molar-refractivity contribution in [3.8, 4) is 5.75 Å². The highest BCUT2D eigenvalue weighted by Gasteiger charge is 2.07. The molecule has 1 aromatic carbocycles. The summed E-state index contributed by atoms with van der Waals surface area (Å²) >= 11 is 0. The molecule has 0 unspecified atom stereocenters. The van der Waals surface area contributed by atoms with E-state index in [0.717, 1.165) is 25.3 Å². The van der Waals surface area contributed by atoms with Crippen LogP contribution in [0.3, 0.4) is 0 Å². The molecule has 0 aromatic heterocycles. The Bertz CT molecular complexity index is 387. The van der Waals surface area contributed by atoms with E-state index in [0.29, 0.717) is 12.2 Å². The van der Waals surface area contributed by atoms with Gasteiger partial charge in [-0.25, -0.2) is 4.79 Å². The zero-order valence-electron chi connectivity index (χ0n) is 12.7. The van der Waals surface area contributed by atoms with Crippen LogP contribution in [0, 0.1) is 0 Å². The molecule has 0 aliphatic heterocycles. The largest absolute Gasteiger partial charge is 0.494 e. The molecule has 0 aliphatic rings. The van der Waals surface area contributed by atoms with E-state index in [1.165, 1.54) is 12.8 Å². The van der Waals surface area contributed by atoms with Gasteiger partial charge in [0.25, 0.3) is 0 Å². The van der Waals surface area contributed by atoms with E-state index in [1.807, 2.05) is 31.1 Å². The Morgan fingerprint density at radius 3 is 2.40 bits per heavy atom. The molecule has 0 aliphatic carbocycles. The Balaban J connectivity index is 2.35. The van der Waals surface area contributed by atoms with Crippen molar-refractivity contribution >= 4 is 5.97 Å². The highest BCUT2D eigenvalue weighted by atomic mass is 16.5. The van der Waals surface area contributed by atoms with Gasteiger partial charge in [0, 0.05) is 6.54 Å². The van der Waals surface area contributed by atoms with Crippen molar-refractivity contribution in [1.82, 2.24) is 4.90 Å². The van der Waals surface area contributed by atoms with Crippen LogP contribution in [0.25, 0.3) is 0 Å². The van der Waals surface area contributed by atoms with Crippen LogP contribution in [0.4, 0.5) is 0 Å². The quantitative estimate of drug-likeness (QED) is 0.514. The molecule has 0 saturated carbocycles. The van der Waals surface area contributed by atoms with E-state index in [9.17, 15) is 4.79 Å². The summed E-state index contributed by atoms with van der Waals surface area (Å²) in [5.74, 6) is 0.510. The average Bonchev–Trinajstić information content (AvgIpc) is 2.44. The fourth-order valence-electron chi connectivity index (χ4n) is 1.63. The van der Waals surface area contributed by atoms with Crippen molar-refractivity contribution in [1.29, 1.82) is 0 Å². The zero-order chi connectivity index (χ0) is 14.8. The van der Waals surface area contributed by atoms with Gasteiger partial charge in [0.15, 0.2) is 0 Å². The molecule has 0 heterocycles. The molecule has 0 fully saturated rings. The van der Waals surface area contributed by atoms with Crippen molar-refractivity contribution in [2.45, 2.75) is 26.2 Å². The van der Waals surface area contributed by atoms with Gasteiger partial charge in [0.1, 0.15) is 12.4 Å². The Morgan fingerprint density at radius 2 is 1.80 bits per heavy atom. The second kappa shape index (κ2) is 9.37. The Morgan fingerprint density at radius 1 is 1.10 bits per heavy atom. The highest BCUT2D eigenvalue weighted by Crippen LogP contribution is 2.13. The maximum absolute atomic E-state index is 11.8. The first kappa shape index (κ1) is 16.5. The molecule has 0 atom stereocenters. The molecule has 0 N–H and O–H groups in total. The van der Waals surface area contributed by atoms with Gasteiger partial charge < -0.3 is 14.4 Å². The minimum Gasteiger partial charge on any atom is -0.494 e. The number of unbranched alkanes of at least 4 members (excludes halogenated alkanes) is 2. The standard InChI is InChI=1S/C16H25NO3/c1-4-5-6-12-19-15-9-7-14(8-10-15)16(18)20-13-11-17(2)3/h7-10H,4-6,11-13H2,1-3H3. The van der Waals surface area contributed by atoms with E-state index in [-0.39, 0.29) is 5.97 Å². The lowest BCUT2D eigenvalue weighted by atomic mass is 10.2. The first-order valence-electron chi connectivity index (χ1n) is 7.18. The molecule has 112 valence electrons. The lowest BCUT2D eigenvalue weighted by Crippen LogP contribution is -2.20. The molecule has 1 rings (SSSR count). The fourth-order valence-corrected chi connectivity index (χ4v) is 1.63. The van der Waals surface area contributed by atoms with Crippen LogP contribution in [0.5, 0.6) is 5.75 Å². The number of benzene rings is 1. The maximum Gasteiger partial charge on any atom is 0.338 e. The third-order valence-corrected chi connectivity index (χ3v) is 2.88. The van der Waals surface area contributed by atoms with Crippen LogP contribution in [0.1, 0.15) is 36.5 Å². The predicted octanol–water partition coefficient (Wildman–Crippen LogP) is 2.97. The molecule has 0 amide bonds. The molecular formula is C16H25NO3. The summed E-state index contributed by atoms with van der Waals surface area (Å²) in [5, 5.41) is 0. The summed E-state index contributed by atoms with van der Waals surface area (Å²) in [5.41, 5.74) is 0.560. The summed E-state index contributed by atoms with van der Waals surface area (Å²) in [7, 11) is 3.89. The molecule has 4 nitrogen and oxygen atoms in total. The summed E-state index contributed by atoms with van der Waals surface area (Å²) in [4.78, 5) is 13.7. The summed E-state index contributed by atoms with van der Waals surface area (Å²) in [6.07, 6.45) is 3.42. The van der Waals surface area contributed by atoms with Crippen molar-refractivity contribution in [2.24, 2.45) is 0 Å². The predicted molar refractivity (Wildman–Crippen MR) is 80.3 cm³/mol. The lowest BCUT2D eigenvalue weighted by Gasteiger charge is -2.10. The smallest absolute Gasteiger partial charge is 0.338 e. The highest BCUT2D eigenvalue weighted by molar-refractivity contribution is 5.89. The summed E-state index contributed by atoms with van der Waals surface area (Å²) in [6, 6.07) is 7.11. The molecule has 0 spiro atoms. The average molecular weight is 279 g/mol. The third-order valence-electron chi connectivity index (χ3n) is 2.88. The molecule has 0 saturated heterocycles. The molecule has 4 heteroatoms. The second-order valence-corrected chi connectivity index (χ2v) is 5.02. The van der Waals surface area contributed by atoms with Gasteiger partial charge in [-0.05, 0) is 44.8 Å². The van der Waals surface area contributed by atoms with E-state index < -0.39 is 0 Å². The first-order valence-corrected chi connectivity index (χ1v) is 7.18. The molecule has 0 radical (unpaired) electrons. The van der Waals surface area contributed by atoms with Gasteiger partial charge >= 0.3 is 5.97 Å². The van der Waals surface area contributed by atoms with Gasteiger partial charge in [-0.3, -0.25) is 0 Å². The second-order valence-electron chi connectivity index (χ2n) is 5.02. The number of rotatable bonds is 9. The topological polar surface area (TPSA) is 38.8 Å². The molecule has 1 aromatic rings. The van der Waals surface area contributed by atoms with E-state index >= 15 is 0 Å². The van der Waals surface area contributed by atoms with E-state index in [4.69, 9.17) is 9.47 Å². The number of likely N-dealkylation sites (N-methyl/N-ethyl adjacent to an activating group) is 1. The van der Waals surface area contributed by atoms with Crippen LogP contribution in [-0.2, 0) is 4.74 Å². The minimum absolute atomic E-state index is 0.288. The molecule has 20 heavy (non-hydrogen) atoms. The van der Waals surface area contributed by atoms with E-state index in [2.05, 4.69) is 6.92 Å². The first-order chi connectivity index (χ1) is 9.63. The molecule has 0 bridgehead atoms. The SMILES string of the molecule is CCCCCOc1ccc(C(=O)OCCN(C)C)cc1. The number of esters is 1. The van der Waals surface area contributed by atoms with Crippen molar-refractivity contribution in [2.75, 3.05) is 33.9 Å². The number of hydrogen-bond donors (Lipinski definition) is 0. The number of carbonyl (C=O) groups is 1. The van der Waals surface area contributed by atoms with Crippen LogP contribution in [0.15, 0.2) is 24.3 Å². The van der Waals surface area contributed by atoms with Crippen molar-refractivity contribution in [3.63, 3.8) is 0 Å². The number of hydrogen-bond acceptors (Lipinski definition) is 4. The van der Waals surface area contributed by atoms with Gasteiger partial charge in [-0.2, -0.15) is 0 Å². The monoisotopic (exact) mass is 279 g/mol. The third kappa shape index (κ3) is 6.57. The normalized spacial score (nSPS) is 10.6. The lowest BCUT2D eigenvalue weighted by molar-refractivity contribution is 0.0482. The summed E-state index contributed by atoms with van der Waals surface area (Å²) in [6.45, 7) is 4.02. The number of ether oxygens (including phenoxy) is 2. The van der Waals surface area contributed by atoms with Crippen LogP contribution < -0.4 is 4.74 Å². The van der Waals surface area contributed by atoms with Gasteiger partial charge in [0.2, 0.25) is 0 Å². The van der Waals surface area contributed by atoms with Crippen LogP contribution in [-0.4, -0.2) is 44.7 Å². The molecular weight excluding hydrogens is 254 g/mol. The Kier molecular flexibility index (Phi) is 7.73. The number of carbonyl (C=O) groups excluding carboxylic acids is 1. The van der Waals surface area contributed by atoms with Gasteiger partial charge in [-0.1, -0.05) is 19.8 Å². The Labute approximate surface area is 121 Å². The number of nitrogens with zero attached hydrogens (tertiary/aromatic N) is 1. The van der Waals surface area contributed by atoms with Crippen molar-refractivity contribution in [3.05, 3.63) is 29.8 Å². The van der Waals surface area contributed by atoms with Crippen LogP contribution in [0.2, 0.25) is 0 Å². The zero-order valence-corrected chi connectivity index (χ0v) is 12.7. The van der Waals surface area contributed by atoms with Crippen LogP contribution >= 0.6 is 0 Å². The minimum atomic E-state index is -0.288. The van der Waals surface area contributed by atoms with Crippen molar-refractivity contribution < 1.29 is 14.3 Å². The van der Waals surface area contributed by atoms with Gasteiger partial charge in [0.05, 0.1) is 12.2 Å².